The minimum atomic E-state index is -2.00. The van der Waals surface area contributed by atoms with Crippen molar-refractivity contribution in [1.29, 1.82) is 0 Å². The van der Waals surface area contributed by atoms with Crippen molar-refractivity contribution in [3.8, 4) is 5.75 Å². The molecule has 0 radical (unpaired) electrons. The van der Waals surface area contributed by atoms with Crippen LogP contribution in [-0.4, -0.2) is 23.9 Å². The lowest BCUT2D eigenvalue weighted by atomic mass is 10.0. The molecule has 17 heavy (non-hydrogen) atoms. The monoisotopic (exact) mass is 305 g/mol. The summed E-state index contributed by atoms with van der Waals surface area (Å²) in [7, 11) is 0. The Labute approximate surface area is 107 Å². The summed E-state index contributed by atoms with van der Waals surface area (Å²) in [5.74, 6) is -1.19. The fourth-order valence-corrected chi connectivity index (χ4v) is 1.67. The maximum absolute atomic E-state index is 13.6. The Morgan fingerprint density at radius 2 is 2.29 bits per heavy atom. The van der Waals surface area contributed by atoms with E-state index in [-0.39, 0.29) is 17.9 Å². The second kappa shape index (κ2) is 5.97. The van der Waals surface area contributed by atoms with Gasteiger partial charge < -0.3 is 15.6 Å². The summed E-state index contributed by atoms with van der Waals surface area (Å²) < 4.78 is 18.8. The summed E-state index contributed by atoms with van der Waals surface area (Å²) in [6, 6.07) is 3.19. The lowest BCUT2D eigenvalue weighted by Crippen LogP contribution is -2.31. The Balaban J connectivity index is 2.88. The van der Waals surface area contributed by atoms with Crippen LogP contribution in [0.3, 0.4) is 0 Å². The van der Waals surface area contributed by atoms with E-state index in [0.29, 0.717) is 4.47 Å². The van der Waals surface area contributed by atoms with Crippen molar-refractivity contribution in [1.82, 2.24) is 0 Å². The van der Waals surface area contributed by atoms with Crippen LogP contribution in [0.1, 0.15) is 18.5 Å². The third-order valence-electron chi connectivity index (χ3n) is 2.18. The number of ether oxygens (including phenoxy) is 1. The number of esters is 1. The molecule has 0 amide bonds. The van der Waals surface area contributed by atoms with Crippen LogP contribution in [0, 0.1) is 0 Å². The van der Waals surface area contributed by atoms with Crippen molar-refractivity contribution < 1.29 is 19.0 Å². The SMILES string of the molecule is CCOC(=O)C(F)[C@H](N)c1ccc(Br)cc1O. The van der Waals surface area contributed by atoms with Gasteiger partial charge in [-0.25, -0.2) is 9.18 Å². The highest BCUT2D eigenvalue weighted by molar-refractivity contribution is 9.10. The molecule has 0 aliphatic rings. The first-order valence-corrected chi connectivity index (χ1v) is 5.81. The molecule has 0 fully saturated rings. The normalized spacial score (nSPS) is 14.1. The van der Waals surface area contributed by atoms with Crippen LogP contribution in [0.2, 0.25) is 0 Å². The largest absolute Gasteiger partial charge is 0.508 e. The fourth-order valence-electron chi connectivity index (χ4n) is 1.32. The van der Waals surface area contributed by atoms with Gasteiger partial charge in [0.1, 0.15) is 5.75 Å². The third-order valence-corrected chi connectivity index (χ3v) is 2.67. The third kappa shape index (κ3) is 3.41. The van der Waals surface area contributed by atoms with Crippen LogP contribution in [0.25, 0.3) is 0 Å². The summed E-state index contributed by atoms with van der Waals surface area (Å²) in [6.07, 6.45) is -2.00. The number of phenols is 1. The van der Waals surface area contributed by atoms with E-state index in [1.54, 1.807) is 13.0 Å². The topological polar surface area (TPSA) is 72.5 Å². The molecule has 0 aliphatic heterocycles. The van der Waals surface area contributed by atoms with Crippen LogP contribution >= 0.6 is 15.9 Å². The molecule has 0 spiro atoms. The number of hydrogen-bond donors (Lipinski definition) is 2. The number of benzene rings is 1. The van der Waals surface area contributed by atoms with Gasteiger partial charge in [0.2, 0.25) is 6.17 Å². The average molecular weight is 306 g/mol. The molecule has 1 rings (SSSR count). The van der Waals surface area contributed by atoms with E-state index in [2.05, 4.69) is 20.7 Å². The molecule has 1 unspecified atom stereocenters. The van der Waals surface area contributed by atoms with E-state index < -0.39 is 18.2 Å². The molecule has 6 heteroatoms. The number of rotatable bonds is 4. The van der Waals surface area contributed by atoms with Gasteiger partial charge in [-0.15, -0.1) is 0 Å². The number of carbonyl (C=O) groups excluding carboxylic acids is 1. The quantitative estimate of drug-likeness (QED) is 0.835. The van der Waals surface area contributed by atoms with Crippen LogP contribution < -0.4 is 5.73 Å². The maximum Gasteiger partial charge on any atom is 0.342 e. The van der Waals surface area contributed by atoms with E-state index >= 15 is 0 Å². The van der Waals surface area contributed by atoms with Crippen molar-refractivity contribution in [3.05, 3.63) is 28.2 Å². The number of carbonyl (C=O) groups is 1. The minimum absolute atomic E-state index is 0.0816. The Morgan fingerprint density at radius 3 is 2.82 bits per heavy atom. The van der Waals surface area contributed by atoms with E-state index in [9.17, 15) is 14.3 Å². The van der Waals surface area contributed by atoms with Gasteiger partial charge in [0.15, 0.2) is 0 Å². The molecule has 0 saturated carbocycles. The highest BCUT2D eigenvalue weighted by Gasteiger charge is 2.29. The van der Waals surface area contributed by atoms with Crippen molar-refractivity contribution in [2.75, 3.05) is 6.61 Å². The summed E-state index contributed by atoms with van der Waals surface area (Å²) in [5, 5.41) is 9.59. The van der Waals surface area contributed by atoms with Crippen molar-refractivity contribution in [2.24, 2.45) is 5.73 Å². The van der Waals surface area contributed by atoms with E-state index in [4.69, 9.17) is 5.73 Å². The number of alkyl halides is 1. The summed E-state index contributed by atoms with van der Waals surface area (Å²) in [4.78, 5) is 11.2. The fraction of sp³-hybridized carbons (Fsp3) is 0.364. The number of phenolic OH excluding ortho intramolecular Hbond substituents is 1. The highest BCUT2D eigenvalue weighted by atomic mass is 79.9. The zero-order chi connectivity index (χ0) is 13.0. The zero-order valence-corrected chi connectivity index (χ0v) is 10.8. The first-order chi connectivity index (χ1) is 7.97. The lowest BCUT2D eigenvalue weighted by molar-refractivity contribution is -0.149. The molecule has 0 heterocycles. The van der Waals surface area contributed by atoms with Gasteiger partial charge in [-0.1, -0.05) is 22.0 Å². The maximum atomic E-state index is 13.6. The Bertz CT molecular complexity index is 414. The number of hydrogen-bond acceptors (Lipinski definition) is 4. The van der Waals surface area contributed by atoms with Gasteiger partial charge in [-0.05, 0) is 19.1 Å². The molecular formula is C11H13BrFNO3. The summed E-state index contributed by atoms with van der Waals surface area (Å²) in [6.45, 7) is 1.66. The second-order valence-corrected chi connectivity index (χ2v) is 4.30. The summed E-state index contributed by atoms with van der Waals surface area (Å²) in [5.41, 5.74) is 5.73. The lowest BCUT2D eigenvalue weighted by Gasteiger charge is -2.17. The van der Waals surface area contributed by atoms with Gasteiger partial charge in [0.25, 0.3) is 0 Å². The van der Waals surface area contributed by atoms with E-state index in [0.717, 1.165) is 0 Å². The Kier molecular flexibility index (Phi) is 4.89. The second-order valence-electron chi connectivity index (χ2n) is 3.38. The van der Waals surface area contributed by atoms with E-state index in [1.165, 1.54) is 12.1 Å². The first-order valence-electron chi connectivity index (χ1n) is 5.02. The Morgan fingerprint density at radius 1 is 1.65 bits per heavy atom. The minimum Gasteiger partial charge on any atom is -0.508 e. The van der Waals surface area contributed by atoms with Gasteiger partial charge in [0, 0.05) is 10.0 Å². The van der Waals surface area contributed by atoms with Gasteiger partial charge in [0.05, 0.1) is 12.6 Å². The average Bonchev–Trinajstić information content (AvgIpc) is 2.27. The van der Waals surface area contributed by atoms with Crippen LogP contribution in [0.15, 0.2) is 22.7 Å². The smallest absolute Gasteiger partial charge is 0.342 e. The van der Waals surface area contributed by atoms with Gasteiger partial charge >= 0.3 is 5.97 Å². The van der Waals surface area contributed by atoms with Crippen molar-refractivity contribution >= 4 is 21.9 Å². The number of halogens is 2. The highest BCUT2D eigenvalue weighted by Crippen LogP contribution is 2.29. The molecule has 1 aromatic carbocycles. The predicted octanol–water partition coefficient (Wildman–Crippen LogP) is 2.06. The van der Waals surface area contributed by atoms with Gasteiger partial charge in [-0.2, -0.15) is 0 Å². The molecule has 2 atom stereocenters. The predicted molar refractivity (Wildman–Crippen MR) is 64.3 cm³/mol. The summed E-state index contributed by atoms with van der Waals surface area (Å²) >= 11 is 3.15. The standard InChI is InChI=1S/C11H13BrFNO3/c1-2-17-11(16)9(13)10(14)7-4-3-6(12)5-8(7)15/h3-5,9-10,15H,2,14H2,1H3/t9?,10-/m1/s1. The molecule has 94 valence electrons. The van der Waals surface area contributed by atoms with Crippen LogP contribution in [0.5, 0.6) is 5.75 Å². The number of nitrogens with two attached hydrogens (primary N) is 1. The van der Waals surface area contributed by atoms with Crippen LogP contribution in [-0.2, 0) is 9.53 Å². The molecule has 4 nitrogen and oxygen atoms in total. The molecule has 0 bridgehead atoms. The number of aromatic hydroxyl groups is 1. The molecule has 0 aromatic heterocycles. The van der Waals surface area contributed by atoms with Crippen molar-refractivity contribution in [2.45, 2.75) is 19.1 Å². The molecule has 0 aliphatic carbocycles. The molecule has 3 N–H and O–H groups in total. The molecule has 1 aromatic rings. The van der Waals surface area contributed by atoms with Crippen molar-refractivity contribution in [3.63, 3.8) is 0 Å². The van der Waals surface area contributed by atoms with Gasteiger partial charge in [-0.3, -0.25) is 0 Å². The zero-order valence-electron chi connectivity index (χ0n) is 9.19. The Hall–Kier alpha value is -1.14. The van der Waals surface area contributed by atoms with E-state index in [1.807, 2.05) is 0 Å². The molecule has 0 saturated heterocycles. The first kappa shape index (κ1) is 13.9. The molecular weight excluding hydrogens is 293 g/mol. The van der Waals surface area contributed by atoms with Crippen LogP contribution in [0.4, 0.5) is 4.39 Å².